The third kappa shape index (κ3) is 3.85. The molecule has 3 nitrogen and oxygen atoms in total. The standard InChI is InChI=1S/C12H16BrNO2/c1-9(12(15)16)6-7-14(2)11-5-3-4-10(13)8-11/h3-5,8-9H,6-7H2,1-2H3,(H,15,16). The van der Waals surface area contributed by atoms with Gasteiger partial charge in [0.15, 0.2) is 0 Å². The number of carboxylic acids is 1. The summed E-state index contributed by atoms with van der Waals surface area (Å²) < 4.78 is 1.03. The number of hydrogen-bond donors (Lipinski definition) is 1. The highest BCUT2D eigenvalue weighted by Gasteiger charge is 2.11. The number of carboxylic acid groups (broad SMARTS) is 1. The average Bonchev–Trinajstić information content (AvgIpc) is 2.25. The molecule has 0 aliphatic heterocycles. The number of carbonyl (C=O) groups is 1. The van der Waals surface area contributed by atoms with Crippen LogP contribution in [-0.4, -0.2) is 24.7 Å². The molecule has 1 N–H and O–H groups in total. The summed E-state index contributed by atoms with van der Waals surface area (Å²) in [6, 6.07) is 7.97. The highest BCUT2D eigenvalue weighted by atomic mass is 79.9. The maximum absolute atomic E-state index is 10.7. The molecule has 0 aromatic heterocycles. The van der Waals surface area contributed by atoms with Gasteiger partial charge in [0.2, 0.25) is 0 Å². The Kier molecular flexibility index (Phi) is 4.80. The Labute approximate surface area is 104 Å². The molecule has 0 spiro atoms. The van der Waals surface area contributed by atoms with Crippen molar-refractivity contribution in [1.29, 1.82) is 0 Å². The first kappa shape index (κ1) is 13.0. The molecule has 0 saturated carbocycles. The first-order valence-electron chi connectivity index (χ1n) is 5.20. The Morgan fingerprint density at radius 1 is 1.56 bits per heavy atom. The highest BCUT2D eigenvalue weighted by Crippen LogP contribution is 2.19. The van der Waals surface area contributed by atoms with Gasteiger partial charge in [-0.05, 0) is 24.6 Å². The number of benzene rings is 1. The molecule has 0 aliphatic carbocycles. The van der Waals surface area contributed by atoms with Crippen LogP contribution in [0.2, 0.25) is 0 Å². The van der Waals surface area contributed by atoms with Gasteiger partial charge in [-0.25, -0.2) is 0 Å². The number of aliphatic carboxylic acids is 1. The van der Waals surface area contributed by atoms with Gasteiger partial charge in [0, 0.05) is 23.8 Å². The van der Waals surface area contributed by atoms with Crippen molar-refractivity contribution in [3.05, 3.63) is 28.7 Å². The third-order valence-electron chi connectivity index (χ3n) is 2.57. The Balaban J connectivity index is 2.52. The summed E-state index contributed by atoms with van der Waals surface area (Å²) in [6.07, 6.45) is 0.651. The van der Waals surface area contributed by atoms with E-state index in [2.05, 4.69) is 20.8 Å². The van der Waals surface area contributed by atoms with E-state index in [1.807, 2.05) is 31.3 Å². The first-order valence-corrected chi connectivity index (χ1v) is 5.99. The number of nitrogens with zero attached hydrogens (tertiary/aromatic N) is 1. The monoisotopic (exact) mass is 285 g/mol. The molecule has 16 heavy (non-hydrogen) atoms. The molecule has 4 heteroatoms. The van der Waals surface area contributed by atoms with Crippen molar-refractivity contribution in [3.8, 4) is 0 Å². The molecule has 88 valence electrons. The zero-order valence-electron chi connectivity index (χ0n) is 9.48. The van der Waals surface area contributed by atoms with Crippen molar-refractivity contribution in [2.24, 2.45) is 5.92 Å². The van der Waals surface area contributed by atoms with Gasteiger partial charge in [0.05, 0.1) is 5.92 Å². The van der Waals surface area contributed by atoms with Crippen LogP contribution in [0.25, 0.3) is 0 Å². The van der Waals surface area contributed by atoms with E-state index in [-0.39, 0.29) is 5.92 Å². The van der Waals surface area contributed by atoms with Crippen LogP contribution in [0.1, 0.15) is 13.3 Å². The number of hydrogen-bond acceptors (Lipinski definition) is 2. The predicted molar refractivity (Wildman–Crippen MR) is 68.8 cm³/mol. The summed E-state index contributed by atoms with van der Waals surface area (Å²) in [7, 11) is 1.97. The molecule has 1 aromatic rings. The minimum Gasteiger partial charge on any atom is -0.481 e. The van der Waals surface area contributed by atoms with E-state index < -0.39 is 5.97 Å². The molecular formula is C12H16BrNO2. The van der Waals surface area contributed by atoms with Crippen LogP contribution < -0.4 is 4.90 Å². The minimum atomic E-state index is -0.734. The molecule has 0 aliphatic rings. The summed E-state index contributed by atoms with van der Waals surface area (Å²) >= 11 is 3.41. The average molecular weight is 286 g/mol. The molecule has 1 atom stereocenters. The van der Waals surface area contributed by atoms with Crippen molar-refractivity contribution < 1.29 is 9.90 Å². The maximum atomic E-state index is 10.7. The summed E-state index contributed by atoms with van der Waals surface area (Å²) in [4.78, 5) is 12.7. The Morgan fingerprint density at radius 3 is 2.81 bits per heavy atom. The second kappa shape index (κ2) is 5.89. The van der Waals surface area contributed by atoms with Crippen LogP contribution in [0.15, 0.2) is 28.7 Å². The SMILES string of the molecule is CC(CCN(C)c1cccc(Br)c1)C(=O)O. The predicted octanol–water partition coefficient (Wildman–Crippen LogP) is 3.00. The normalized spacial score (nSPS) is 12.2. The molecule has 1 unspecified atom stereocenters. The number of rotatable bonds is 5. The van der Waals surface area contributed by atoms with Gasteiger partial charge in [0.25, 0.3) is 0 Å². The zero-order valence-corrected chi connectivity index (χ0v) is 11.1. The van der Waals surface area contributed by atoms with E-state index in [1.54, 1.807) is 6.92 Å². The van der Waals surface area contributed by atoms with Crippen LogP contribution in [-0.2, 0) is 4.79 Å². The van der Waals surface area contributed by atoms with Crippen LogP contribution in [0.3, 0.4) is 0 Å². The van der Waals surface area contributed by atoms with Gasteiger partial charge in [-0.1, -0.05) is 28.9 Å². The van der Waals surface area contributed by atoms with Crippen LogP contribution in [0.4, 0.5) is 5.69 Å². The second-order valence-electron chi connectivity index (χ2n) is 3.93. The lowest BCUT2D eigenvalue weighted by Gasteiger charge is -2.20. The topological polar surface area (TPSA) is 40.5 Å². The number of halogens is 1. The molecule has 0 fully saturated rings. The fraction of sp³-hybridized carbons (Fsp3) is 0.417. The minimum absolute atomic E-state index is 0.297. The summed E-state index contributed by atoms with van der Waals surface area (Å²) in [5.41, 5.74) is 1.09. The quantitative estimate of drug-likeness (QED) is 0.904. The summed E-state index contributed by atoms with van der Waals surface area (Å²) in [6.45, 7) is 2.47. The van der Waals surface area contributed by atoms with Gasteiger partial charge >= 0.3 is 5.97 Å². The van der Waals surface area contributed by atoms with E-state index in [9.17, 15) is 4.79 Å². The van der Waals surface area contributed by atoms with E-state index in [0.29, 0.717) is 6.42 Å². The second-order valence-corrected chi connectivity index (χ2v) is 4.85. The summed E-state index contributed by atoms with van der Waals surface area (Å²) in [5.74, 6) is -1.03. The van der Waals surface area contributed by atoms with Crippen LogP contribution >= 0.6 is 15.9 Å². The fourth-order valence-electron chi connectivity index (χ4n) is 1.35. The lowest BCUT2D eigenvalue weighted by atomic mass is 10.1. The van der Waals surface area contributed by atoms with Crippen LogP contribution in [0, 0.1) is 5.92 Å². The first-order chi connectivity index (χ1) is 7.50. The highest BCUT2D eigenvalue weighted by molar-refractivity contribution is 9.10. The number of anilines is 1. The Bertz CT molecular complexity index is 368. The third-order valence-corrected chi connectivity index (χ3v) is 3.06. The Hall–Kier alpha value is -1.03. The molecule has 0 amide bonds. The maximum Gasteiger partial charge on any atom is 0.306 e. The fourth-order valence-corrected chi connectivity index (χ4v) is 1.74. The van der Waals surface area contributed by atoms with E-state index in [0.717, 1.165) is 16.7 Å². The van der Waals surface area contributed by atoms with E-state index >= 15 is 0 Å². The lowest BCUT2D eigenvalue weighted by Crippen LogP contribution is -2.22. The van der Waals surface area contributed by atoms with Gasteiger partial charge in [-0.2, -0.15) is 0 Å². The van der Waals surface area contributed by atoms with Crippen molar-refractivity contribution in [3.63, 3.8) is 0 Å². The largest absolute Gasteiger partial charge is 0.481 e. The van der Waals surface area contributed by atoms with Crippen molar-refractivity contribution in [2.45, 2.75) is 13.3 Å². The molecule has 0 heterocycles. The van der Waals surface area contributed by atoms with Gasteiger partial charge in [-0.15, -0.1) is 0 Å². The molecule has 1 rings (SSSR count). The molecule has 0 radical (unpaired) electrons. The van der Waals surface area contributed by atoms with Gasteiger partial charge in [-0.3, -0.25) is 4.79 Å². The molecular weight excluding hydrogens is 270 g/mol. The van der Waals surface area contributed by atoms with Gasteiger partial charge in [0.1, 0.15) is 0 Å². The van der Waals surface area contributed by atoms with Crippen molar-refractivity contribution >= 4 is 27.6 Å². The van der Waals surface area contributed by atoms with E-state index in [4.69, 9.17) is 5.11 Å². The zero-order chi connectivity index (χ0) is 12.1. The lowest BCUT2D eigenvalue weighted by molar-refractivity contribution is -0.141. The molecule has 1 aromatic carbocycles. The Morgan fingerprint density at radius 2 is 2.25 bits per heavy atom. The van der Waals surface area contributed by atoms with Crippen molar-refractivity contribution in [2.75, 3.05) is 18.5 Å². The molecule has 0 saturated heterocycles. The van der Waals surface area contributed by atoms with E-state index in [1.165, 1.54) is 0 Å². The van der Waals surface area contributed by atoms with Crippen molar-refractivity contribution in [1.82, 2.24) is 0 Å². The summed E-state index contributed by atoms with van der Waals surface area (Å²) in [5, 5.41) is 8.78. The molecule has 0 bridgehead atoms. The smallest absolute Gasteiger partial charge is 0.306 e. The van der Waals surface area contributed by atoms with Crippen LogP contribution in [0.5, 0.6) is 0 Å². The van der Waals surface area contributed by atoms with Gasteiger partial charge < -0.3 is 10.0 Å².